The highest BCUT2D eigenvalue weighted by atomic mass is 35.5. The number of pyridine rings is 1. The SMILES string of the molecule is C#CCCNC(=NC)NC1CCN(c2ncccc2Cl)C1. The molecule has 0 bridgehead atoms. The molecule has 1 aliphatic heterocycles. The molecule has 0 aromatic carbocycles. The van der Waals surface area contributed by atoms with E-state index in [1.165, 1.54) is 0 Å². The van der Waals surface area contributed by atoms with Gasteiger partial charge in [0.05, 0.1) is 5.02 Å². The summed E-state index contributed by atoms with van der Waals surface area (Å²) < 4.78 is 0. The van der Waals surface area contributed by atoms with Crippen molar-refractivity contribution in [1.29, 1.82) is 0 Å². The summed E-state index contributed by atoms with van der Waals surface area (Å²) in [6.07, 6.45) is 8.70. The van der Waals surface area contributed by atoms with Crippen molar-refractivity contribution in [3.8, 4) is 12.3 Å². The van der Waals surface area contributed by atoms with E-state index in [1.54, 1.807) is 13.2 Å². The van der Waals surface area contributed by atoms with Crippen molar-refractivity contribution < 1.29 is 0 Å². The second-order valence-corrected chi connectivity index (χ2v) is 5.25. The van der Waals surface area contributed by atoms with E-state index in [-0.39, 0.29) is 0 Å². The molecule has 5 nitrogen and oxygen atoms in total. The van der Waals surface area contributed by atoms with Crippen LogP contribution in [0.5, 0.6) is 0 Å². The molecule has 0 amide bonds. The van der Waals surface area contributed by atoms with Gasteiger partial charge in [-0.2, -0.15) is 0 Å². The van der Waals surface area contributed by atoms with Crippen LogP contribution in [0.4, 0.5) is 5.82 Å². The van der Waals surface area contributed by atoms with Gasteiger partial charge in [-0.1, -0.05) is 11.6 Å². The van der Waals surface area contributed by atoms with Crippen LogP contribution in [0.3, 0.4) is 0 Å². The molecular weight excluding hydrogens is 286 g/mol. The molecule has 6 heteroatoms. The zero-order valence-corrected chi connectivity index (χ0v) is 12.9. The minimum absolute atomic E-state index is 0.320. The molecule has 1 saturated heterocycles. The van der Waals surface area contributed by atoms with Crippen LogP contribution in [0.15, 0.2) is 23.3 Å². The number of nitrogens with one attached hydrogen (secondary N) is 2. The fourth-order valence-corrected chi connectivity index (χ4v) is 2.56. The zero-order chi connectivity index (χ0) is 15.1. The molecule has 0 radical (unpaired) electrons. The minimum Gasteiger partial charge on any atom is -0.355 e. The number of halogens is 1. The predicted octanol–water partition coefficient (Wildman–Crippen LogP) is 1.50. The summed E-state index contributed by atoms with van der Waals surface area (Å²) in [5, 5.41) is 7.29. The number of aromatic nitrogens is 1. The summed E-state index contributed by atoms with van der Waals surface area (Å²) in [6, 6.07) is 4.03. The van der Waals surface area contributed by atoms with E-state index in [2.05, 4.69) is 31.4 Å². The molecule has 2 rings (SSSR count). The molecule has 21 heavy (non-hydrogen) atoms. The van der Waals surface area contributed by atoms with E-state index >= 15 is 0 Å². The van der Waals surface area contributed by atoms with Gasteiger partial charge in [0.2, 0.25) is 0 Å². The Kier molecular flexibility index (Phi) is 5.70. The third kappa shape index (κ3) is 4.27. The number of aliphatic imine (C=N–C) groups is 1. The van der Waals surface area contributed by atoms with Crippen LogP contribution in [0.25, 0.3) is 0 Å². The summed E-state index contributed by atoms with van der Waals surface area (Å²) in [4.78, 5) is 10.7. The van der Waals surface area contributed by atoms with Crippen molar-refractivity contribution in [3.05, 3.63) is 23.4 Å². The molecule has 1 unspecified atom stereocenters. The van der Waals surface area contributed by atoms with Gasteiger partial charge in [0.1, 0.15) is 5.82 Å². The van der Waals surface area contributed by atoms with Crippen molar-refractivity contribution >= 4 is 23.4 Å². The molecule has 0 aliphatic carbocycles. The van der Waals surface area contributed by atoms with Gasteiger partial charge in [-0.05, 0) is 18.6 Å². The molecule has 2 heterocycles. The van der Waals surface area contributed by atoms with Gasteiger partial charge in [0.25, 0.3) is 0 Å². The van der Waals surface area contributed by atoms with Crippen LogP contribution in [0.2, 0.25) is 5.02 Å². The standard InChI is InChI=1S/C15H20ClN5/c1-3-4-8-19-15(17-2)20-12-7-10-21(11-12)14-13(16)6-5-9-18-14/h1,5-6,9,12H,4,7-8,10-11H2,2H3,(H2,17,19,20). The first-order chi connectivity index (χ1) is 10.2. The van der Waals surface area contributed by atoms with Crippen molar-refractivity contribution in [1.82, 2.24) is 15.6 Å². The highest BCUT2D eigenvalue weighted by Gasteiger charge is 2.25. The highest BCUT2D eigenvalue weighted by molar-refractivity contribution is 6.32. The van der Waals surface area contributed by atoms with Gasteiger partial charge in [-0.15, -0.1) is 12.3 Å². The topological polar surface area (TPSA) is 52.6 Å². The maximum absolute atomic E-state index is 6.19. The number of hydrogen-bond donors (Lipinski definition) is 2. The zero-order valence-electron chi connectivity index (χ0n) is 12.1. The number of anilines is 1. The largest absolute Gasteiger partial charge is 0.355 e. The van der Waals surface area contributed by atoms with Gasteiger partial charge in [0, 0.05) is 45.3 Å². The van der Waals surface area contributed by atoms with Crippen LogP contribution in [0, 0.1) is 12.3 Å². The number of nitrogens with zero attached hydrogens (tertiary/aromatic N) is 3. The summed E-state index contributed by atoms with van der Waals surface area (Å²) in [6.45, 7) is 2.50. The molecule has 1 fully saturated rings. The first kappa shape index (κ1) is 15.5. The van der Waals surface area contributed by atoms with Crippen LogP contribution >= 0.6 is 11.6 Å². The molecule has 112 valence electrons. The number of hydrogen-bond acceptors (Lipinski definition) is 3. The lowest BCUT2D eigenvalue weighted by Gasteiger charge is -2.20. The fraction of sp³-hybridized carbons (Fsp3) is 0.467. The van der Waals surface area contributed by atoms with E-state index in [0.29, 0.717) is 17.5 Å². The maximum Gasteiger partial charge on any atom is 0.191 e. The smallest absolute Gasteiger partial charge is 0.191 e. The van der Waals surface area contributed by atoms with Crippen molar-refractivity contribution in [2.24, 2.45) is 4.99 Å². The average Bonchev–Trinajstić information content (AvgIpc) is 2.95. The molecule has 1 aromatic heterocycles. The molecule has 2 N–H and O–H groups in total. The Bertz CT molecular complexity index is 537. The van der Waals surface area contributed by atoms with E-state index in [1.807, 2.05) is 12.1 Å². The molecule has 1 aromatic rings. The first-order valence-electron chi connectivity index (χ1n) is 7.00. The second-order valence-electron chi connectivity index (χ2n) is 4.84. The van der Waals surface area contributed by atoms with Crippen LogP contribution in [0.1, 0.15) is 12.8 Å². The van der Waals surface area contributed by atoms with Crippen LogP contribution in [-0.2, 0) is 0 Å². The lowest BCUT2D eigenvalue weighted by molar-refractivity contribution is 0.649. The maximum atomic E-state index is 6.19. The Morgan fingerprint density at radius 3 is 3.24 bits per heavy atom. The van der Waals surface area contributed by atoms with Crippen LogP contribution in [-0.4, -0.2) is 43.7 Å². The van der Waals surface area contributed by atoms with Gasteiger partial charge < -0.3 is 15.5 Å². The Morgan fingerprint density at radius 2 is 2.52 bits per heavy atom. The van der Waals surface area contributed by atoms with Crippen molar-refractivity contribution in [2.75, 3.05) is 31.6 Å². The summed E-state index contributed by atoms with van der Waals surface area (Å²) in [5.74, 6) is 4.23. The lowest BCUT2D eigenvalue weighted by Crippen LogP contribution is -2.44. The van der Waals surface area contributed by atoms with Gasteiger partial charge in [-0.3, -0.25) is 4.99 Å². The van der Waals surface area contributed by atoms with E-state index in [9.17, 15) is 0 Å². The second kappa shape index (κ2) is 7.75. The van der Waals surface area contributed by atoms with Crippen LogP contribution < -0.4 is 15.5 Å². The van der Waals surface area contributed by atoms with E-state index < -0.39 is 0 Å². The number of guanidine groups is 1. The lowest BCUT2D eigenvalue weighted by atomic mass is 10.3. The predicted molar refractivity (Wildman–Crippen MR) is 87.8 cm³/mol. The number of rotatable bonds is 4. The normalized spacial score (nSPS) is 18.4. The summed E-state index contributed by atoms with van der Waals surface area (Å²) in [7, 11) is 1.76. The average molecular weight is 306 g/mol. The van der Waals surface area contributed by atoms with Crippen molar-refractivity contribution in [2.45, 2.75) is 18.9 Å². The number of terminal acetylenes is 1. The third-order valence-corrected chi connectivity index (χ3v) is 3.65. The monoisotopic (exact) mass is 305 g/mol. The Labute approximate surface area is 130 Å². The Hall–Kier alpha value is -1.93. The quantitative estimate of drug-likeness (QED) is 0.383. The molecule has 1 atom stereocenters. The molecular formula is C15H20ClN5. The van der Waals surface area contributed by atoms with Gasteiger partial charge in [0.15, 0.2) is 5.96 Å². The molecule has 1 aliphatic rings. The first-order valence-corrected chi connectivity index (χ1v) is 7.38. The van der Waals surface area contributed by atoms with E-state index in [4.69, 9.17) is 18.0 Å². The summed E-state index contributed by atoms with van der Waals surface area (Å²) in [5.41, 5.74) is 0. The molecule has 0 saturated carbocycles. The Morgan fingerprint density at radius 1 is 1.67 bits per heavy atom. The third-order valence-electron chi connectivity index (χ3n) is 3.35. The fourth-order valence-electron chi connectivity index (χ4n) is 2.32. The van der Waals surface area contributed by atoms with Gasteiger partial charge >= 0.3 is 0 Å². The summed E-state index contributed by atoms with van der Waals surface area (Å²) >= 11 is 6.19. The minimum atomic E-state index is 0.320. The molecule has 0 spiro atoms. The van der Waals surface area contributed by atoms with Gasteiger partial charge in [-0.25, -0.2) is 4.98 Å². The highest BCUT2D eigenvalue weighted by Crippen LogP contribution is 2.25. The Balaban J connectivity index is 1.88. The van der Waals surface area contributed by atoms with E-state index in [0.717, 1.165) is 37.8 Å². The van der Waals surface area contributed by atoms with Crippen molar-refractivity contribution in [3.63, 3.8) is 0 Å².